The van der Waals surface area contributed by atoms with E-state index in [9.17, 15) is 9.36 Å². The molecule has 1 amide bonds. The van der Waals surface area contributed by atoms with Crippen LogP contribution in [-0.2, 0) is 14.0 Å². The van der Waals surface area contributed by atoms with Crippen molar-refractivity contribution in [3.8, 4) is 0 Å². The maximum absolute atomic E-state index is 10.1. The summed E-state index contributed by atoms with van der Waals surface area (Å²) in [5.41, 5.74) is 0. The summed E-state index contributed by atoms with van der Waals surface area (Å²) in [6, 6.07) is 0. The third kappa shape index (κ3) is 4.11. The van der Waals surface area contributed by atoms with Crippen molar-refractivity contribution >= 4 is 13.7 Å². The predicted molar refractivity (Wildman–Crippen MR) is 27.4 cm³/mol. The highest BCUT2D eigenvalue weighted by molar-refractivity contribution is 7.51. The van der Waals surface area contributed by atoms with Gasteiger partial charge in [0.05, 0.1) is 0 Å². The molecule has 1 unspecified atom stereocenters. The van der Waals surface area contributed by atoms with Crippen LogP contribution in [0.15, 0.2) is 0 Å². The summed E-state index contributed by atoms with van der Waals surface area (Å²) in [4.78, 5) is 18.2. The van der Waals surface area contributed by atoms with Crippen molar-refractivity contribution < 1.29 is 24.2 Å². The molecular weight excluding hydrogens is 149 g/mol. The van der Waals surface area contributed by atoms with Gasteiger partial charge in [-0.3, -0.25) is 9.88 Å². The molecule has 0 bridgehead atoms. The van der Waals surface area contributed by atoms with E-state index in [2.05, 4.69) is 4.67 Å². The number of amides is 1. The number of nitrogens with one attached hydrogen (secondary N) is 1. The molecule has 0 aromatic carbocycles. The van der Waals surface area contributed by atoms with Gasteiger partial charge in [-0.25, -0.2) is 9.82 Å². The Bertz CT molecular complexity index is 155. The summed E-state index contributed by atoms with van der Waals surface area (Å²) in [5.74, 6) is -0.755. The summed E-state index contributed by atoms with van der Waals surface area (Å²) in [5, 5.41) is 9.08. The van der Waals surface area contributed by atoms with Gasteiger partial charge in [-0.1, -0.05) is 0 Å². The number of carbonyl (C=O) groups is 1. The van der Waals surface area contributed by atoms with Crippen LogP contribution in [0.5, 0.6) is 0 Å². The third-order valence-electron chi connectivity index (χ3n) is 0.409. The van der Waals surface area contributed by atoms with Gasteiger partial charge in [0, 0.05) is 6.92 Å². The molecule has 0 heterocycles. The zero-order chi connectivity index (χ0) is 7.49. The number of hydrogen-bond donors (Lipinski definition) is 3. The molecule has 1 atom stereocenters. The molecule has 0 fully saturated rings. The van der Waals surface area contributed by atoms with E-state index < -0.39 is 13.7 Å². The minimum atomic E-state index is -4.27. The molecule has 0 aromatic rings. The Labute approximate surface area is 51.0 Å². The van der Waals surface area contributed by atoms with Crippen molar-refractivity contribution in [1.29, 1.82) is 0 Å². The molecule has 0 rings (SSSR count). The van der Waals surface area contributed by atoms with Crippen LogP contribution in [-0.4, -0.2) is 16.1 Å². The fourth-order valence-electron chi connectivity index (χ4n) is 0.219. The van der Waals surface area contributed by atoms with E-state index in [1.807, 2.05) is 0 Å². The summed E-state index contributed by atoms with van der Waals surface area (Å²) < 4.78 is 13.2. The Hall–Kier alpha value is -0.420. The van der Waals surface area contributed by atoms with Gasteiger partial charge in [0.15, 0.2) is 0 Å². The van der Waals surface area contributed by atoms with E-state index >= 15 is 0 Å². The predicted octanol–water partition coefficient (Wildman–Crippen LogP) is -0.288. The minimum Gasteiger partial charge on any atom is -0.306 e. The lowest BCUT2D eigenvalue weighted by Gasteiger charge is -2.04. The van der Waals surface area contributed by atoms with Crippen LogP contribution < -0.4 is 5.09 Å². The van der Waals surface area contributed by atoms with Crippen molar-refractivity contribution in [2.24, 2.45) is 0 Å². The average molecular weight is 155 g/mol. The topological polar surface area (TPSA) is 95.9 Å². The van der Waals surface area contributed by atoms with Gasteiger partial charge in [0.25, 0.3) is 0 Å². The van der Waals surface area contributed by atoms with Crippen molar-refractivity contribution in [2.45, 2.75) is 6.92 Å². The van der Waals surface area contributed by atoms with E-state index in [1.165, 1.54) is 5.09 Å². The fraction of sp³-hybridized carbons (Fsp3) is 0.500. The second kappa shape index (κ2) is 2.93. The highest BCUT2D eigenvalue weighted by Gasteiger charge is 2.19. The van der Waals surface area contributed by atoms with Crippen LogP contribution in [0.1, 0.15) is 6.92 Å². The van der Waals surface area contributed by atoms with Gasteiger partial charge < -0.3 is 4.89 Å². The molecule has 3 N–H and O–H groups in total. The monoisotopic (exact) mass is 155 g/mol. The molecule has 9 heavy (non-hydrogen) atoms. The fourth-order valence-corrected chi connectivity index (χ4v) is 0.658. The first-order chi connectivity index (χ1) is 3.98. The van der Waals surface area contributed by atoms with E-state index in [0.717, 1.165) is 6.92 Å². The maximum atomic E-state index is 10.1. The van der Waals surface area contributed by atoms with Gasteiger partial charge in [-0.2, -0.15) is 0 Å². The Kier molecular flexibility index (Phi) is 2.80. The molecule has 0 radical (unpaired) electrons. The number of carbonyl (C=O) groups excluding carboxylic acids is 1. The smallest absolute Gasteiger partial charge is 0.306 e. The van der Waals surface area contributed by atoms with Crippen LogP contribution in [0.4, 0.5) is 0 Å². The van der Waals surface area contributed by atoms with E-state index in [-0.39, 0.29) is 0 Å². The standard InChI is InChI=1S/C2H6NO5P/c1-2(4)3-9(6,7)8-5/h5H,1H3,(H2,3,4,6,7). The first-order valence-electron chi connectivity index (χ1n) is 1.93. The largest absolute Gasteiger partial charge is 0.459 e. The Balaban J connectivity index is 3.88. The second-order valence-corrected chi connectivity index (χ2v) is 2.70. The molecule has 0 aliphatic carbocycles. The first-order valence-corrected chi connectivity index (χ1v) is 3.50. The third-order valence-corrected chi connectivity index (χ3v) is 1.23. The molecule has 6 nitrogen and oxygen atoms in total. The quantitative estimate of drug-likeness (QED) is 0.289. The van der Waals surface area contributed by atoms with Gasteiger partial charge in [0.2, 0.25) is 5.91 Å². The zero-order valence-corrected chi connectivity index (χ0v) is 5.46. The number of hydrogen-bond acceptors (Lipinski definition) is 4. The molecule has 0 spiro atoms. The Morgan fingerprint density at radius 3 is 2.33 bits per heavy atom. The van der Waals surface area contributed by atoms with Crippen molar-refractivity contribution in [3.63, 3.8) is 0 Å². The van der Waals surface area contributed by atoms with Crippen molar-refractivity contribution in [2.75, 3.05) is 0 Å². The molecule has 0 saturated heterocycles. The highest BCUT2D eigenvalue weighted by Crippen LogP contribution is 2.34. The molecule has 0 aliphatic rings. The Morgan fingerprint density at radius 1 is 1.78 bits per heavy atom. The van der Waals surface area contributed by atoms with Gasteiger partial charge in [-0.15, -0.1) is 4.67 Å². The Morgan fingerprint density at radius 2 is 2.22 bits per heavy atom. The van der Waals surface area contributed by atoms with Gasteiger partial charge in [0.1, 0.15) is 0 Å². The van der Waals surface area contributed by atoms with E-state index in [4.69, 9.17) is 10.2 Å². The zero-order valence-electron chi connectivity index (χ0n) is 4.57. The molecule has 54 valence electrons. The SMILES string of the molecule is CC(=O)NP(=O)(O)OO. The average Bonchev–Trinajstić information content (AvgIpc) is 1.63. The lowest BCUT2D eigenvalue weighted by atomic mass is 10.8. The molecule has 7 heteroatoms. The van der Waals surface area contributed by atoms with Crippen LogP contribution in [0.25, 0.3) is 0 Å². The molecular formula is C2H6NO5P. The maximum Gasteiger partial charge on any atom is 0.459 e. The first kappa shape index (κ1) is 8.58. The summed E-state index contributed by atoms with van der Waals surface area (Å²) in [6.45, 7) is 1.02. The minimum absolute atomic E-state index is 0.755. The molecule has 0 aromatic heterocycles. The van der Waals surface area contributed by atoms with Crippen molar-refractivity contribution in [1.82, 2.24) is 5.09 Å². The second-order valence-electron chi connectivity index (χ2n) is 1.27. The van der Waals surface area contributed by atoms with Gasteiger partial charge in [-0.05, 0) is 0 Å². The molecule has 0 aliphatic heterocycles. The summed E-state index contributed by atoms with van der Waals surface area (Å²) in [6.07, 6.45) is 0. The van der Waals surface area contributed by atoms with E-state index in [0.29, 0.717) is 0 Å². The lowest BCUT2D eigenvalue weighted by molar-refractivity contribution is -0.149. The van der Waals surface area contributed by atoms with Crippen LogP contribution in [0.2, 0.25) is 0 Å². The van der Waals surface area contributed by atoms with Crippen LogP contribution in [0, 0.1) is 0 Å². The van der Waals surface area contributed by atoms with Gasteiger partial charge >= 0.3 is 7.75 Å². The highest BCUT2D eigenvalue weighted by atomic mass is 31.2. The van der Waals surface area contributed by atoms with E-state index in [1.54, 1.807) is 0 Å². The normalized spacial score (nSPS) is 16.3. The van der Waals surface area contributed by atoms with Crippen molar-refractivity contribution in [3.05, 3.63) is 0 Å². The summed E-state index contributed by atoms with van der Waals surface area (Å²) in [7, 11) is -4.27. The molecule has 0 saturated carbocycles. The van der Waals surface area contributed by atoms with Crippen LogP contribution >= 0.6 is 7.75 Å². The number of rotatable bonds is 2. The lowest BCUT2D eigenvalue weighted by Crippen LogP contribution is -2.16. The van der Waals surface area contributed by atoms with Crippen LogP contribution in [0.3, 0.4) is 0 Å². The summed E-state index contributed by atoms with van der Waals surface area (Å²) >= 11 is 0.